The van der Waals surface area contributed by atoms with Crippen molar-refractivity contribution in [2.24, 2.45) is 5.92 Å². The van der Waals surface area contributed by atoms with Crippen LogP contribution in [0.1, 0.15) is 13.8 Å². The Morgan fingerprint density at radius 1 is 1.59 bits per heavy atom. The Balaban J connectivity index is 2.81. The van der Waals surface area contributed by atoms with Crippen molar-refractivity contribution < 1.29 is 10.0 Å². The number of nitrogens with one attached hydrogen (secondary N) is 1. The molecule has 7 nitrogen and oxygen atoms in total. The molecule has 94 valence electrons. The Kier molecular flexibility index (Phi) is 4.22. The van der Waals surface area contributed by atoms with Crippen LogP contribution in [0.15, 0.2) is 12.1 Å². The van der Waals surface area contributed by atoms with E-state index < -0.39 is 4.92 Å². The maximum atomic E-state index is 10.5. The topological polar surface area (TPSA) is 114 Å². The molecule has 0 amide bonds. The molecule has 1 heterocycles. The number of hydrogen-bond acceptors (Lipinski definition) is 6. The van der Waals surface area contributed by atoms with E-state index in [4.69, 9.17) is 10.8 Å². The first-order valence-corrected chi connectivity index (χ1v) is 5.24. The Bertz CT molecular complexity index is 411. The van der Waals surface area contributed by atoms with E-state index in [9.17, 15) is 10.1 Å². The Hall–Kier alpha value is -1.89. The van der Waals surface area contributed by atoms with Gasteiger partial charge in [-0.15, -0.1) is 0 Å². The molecule has 0 saturated heterocycles. The van der Waals surface area contributed by atoms with Crippen LogP contribution in [0.4, 0.5) is 17.3 Å². The van der Waals surface area contributed by atoms with Crippen LogP contribution in [-0.4, -0.2) is 27.7 Å². The van der Waals surface area contributed by atoms with Gasteiger partial charge in [0, 0.05) is 18.7 Å². The van der Waals surface area contributed by atoms with Crippen molar-refractivity contribution >= 4 is 17.3 Å². The van der Waals surface area contributed by atoms with Gasteiger partial charge in [-0.05, 0) is 18.9 Å². The van der Waals surface area contributed by atoms with E-state index in [1.54, 1.807) is 0 Å². The van der Waals surface area contributed by atoms with Gasteiger partial charge in [0.15, 0.2) is 0 Å². The number of hydrogen-bond donors (Lipinski definition) is 3. The number of aliphatic hydroxyl groups excluding tert-OH is 1. The molecule has 0 bridgehead atoms. The average molecular weight is 240 g/mol. The van der Waals surface area contributed by atoms with Crippen LogP contribution < -0.4 is 11.1 Å². The highest BCUT2D eigenvalue weighted by Crippen LogP contribution is 2.21. The molecule has 1 aromatic rings. The summed E-state index contributed by atoms with van der Waals surface area (Å²) in [5.74, 6) is 0.387. The predicted molar refractivity (Wildman–Crippen MR) is 64.6 cm³/mol. The number of anilines is 2. The van der Waals surface area contributed by atoms with Crippen molar-refractivity contribution in [1.29, 1.82) is 0 Å². The number of aliphatic hydroxyl groups is 1. The minimum Gasteiger partial charge on any atom is -0.396 e. The summed E-state index contributed by atoms with van der Waals surface area (Å²) < 4.78 is 0. The maximum absolute atomic E-state index is 10.5. The summed E-state index contributed by atoms with van der Waals surface area (Å²) in [6.45, 7) is 3.82. The predicted octanol–water partition coefficient (Wildman–Crippen LogP) is 1.00. The molecular formula is C10H16N4O3. The van der Waals surface area contributed by atoms with E-state index in [2.05, 4.69) is 10.3 Å². The van der Waals surface area contributed by atoms with Crippen LogP contribution in [0.5, 0.6) is 0 Å². The molecule has 0 saturated carbocycles. The number of pyridine rings is 1. The summed E-state index contributed by atoms with van der Waals surface area (Å²) in [5.41, 5.74) is 5.25. The fourth-order valence-electron chi connectivity index (χ4n) is 1.24. The number of nitrogens with two attached hydrogens (primary N) is 1. The van der Waals surface area contributed by atoms with E-state index in [0.717, 1.165) is 0 Å². The second kappa shape index (κ2) is 5.44. The molecule has 0 radical (unpaired) electrons. The van der Waals surface area contributed by atoms with Gasteiger partial charge in [-0.3, -0.25) is 10.1 Å². The number of nitro groups is 1. The monoisotopic (exact) mass is 240 g/mol. The van der Waals surface area contributed by atoms with Crippen LogP contribution in [-0.2, 0) is 0 Å². The number of nitrogen functional groups attached to an aromatic ring is 1. The maximum Gasteiger partial charge on any atom is 0.311 e. The van der Waals surface area contributed by atoms with Crippen molar-refractivity contribution in [1.82, 2.24) is 4.98 Å². The van der Waals surface area contributed by atoms with Gasteiger partial charge in [0.25, 0.3) is 0 Å². The molecule has 0 spiro atoms. The zero-order chi connectivity index (χ0) is 13.0. The fourth-order valence-corrected chi connectivity index (χ4v) is 1.24. The lowest BCUT2D eigenvalue weighted by Gasteiger charge is -2.19. The molecular weight excluding hydrogens is 224 g/mol. The van der Waals surface area contributed by atoms with Crippen LogP contribution in [0.3, 0.4) is 0 Å². The van der Waals surface area contributed by atoms with Crippen molar-refractivity contribution in [3.63, 3.8) is 0 Å². The van der Waals surface area contributed by atoms with Crippen molar-refractivity contribution in [3.8, 4) is 0 Å². The number of rotatable bonds is 5. The summed E-state index contributed by atoms with van der Waals surface area (Å²) in [6, 6.07) is 2.80. The van der Waals surface area contributed by atoms with Crippen molar-refractivity contribution in [2.45, 2.75) is 19.9 Å². The van der Waals surface area contributed by atoms with Gasteiger partial charge in [0.05, 0.1) is 4.92 Å². The van der Waals surface area contributed by atoms with E-state index >= 15 is 0 Å². The Morgan fingerprint density at radius 3 is 2.71 bits per heavy atom. The van der Waals surface area contributed by atoms with E-state index in [0.29, 0.717) is 5.82 Å². The summed E-state index contributed by atoms with van der Waals surface area (Å²) in [7, 11) is 0. The molecule has 0 aliphatic rings. The summed E-state index contributed by atoms with van der Waals surface area (Å²) in [4.78, 5) is 13.9. The lowest BCUT2D eigenvalue weighted by Crippen LogP contribution is -2.26. The smallest absolute Gasteiger partial charge is 0.311 e. The quantitative estimate of drug-likeness (QED) is 0.522. The highest BCUT2D eigenvalue weighted by Gasteiger charge is 2.15. The summed E-state index contributed by atoms with van der Waals surface area (Å²) >= 11 is 0. The first-order valence-electron chi connectivity index (χ1n) is 5.24. The van der Waals surface area contributed by atoms with Crippen LogP contribution in [0.2, 0.25) is 0 Å². The van der Waals surface area contributed by atoms with Gasteiger partial charge < -0.3 is 16.2 Å². The molecule has 4 N–H and O–H groups in total. The largest absolute Gasteiger partial charge is 0.396 e. The standard InChI is InChI=1S/C10H16N4O3/c1-6(5-15)7(2)12-9-4-3-8(14(16)17)10(11)13-9/h3-4,6-7,15H,5H2,1-2H3,(H3,11,12,13). The highest BCUT2D eigenvalue weighted by atomic mass is 16.6. The van der Waals surface area contributed by atoms with Crippen LogP contribution in [0, 0.1) is 16.0 Å². The van der Waals surface area contributed by atoms with Crippen LogP contribution >= 0.6 is 0 Å². The second-order valence-electron chi connectivity index (χ2n) is 3.95. The first-order chi connectivity index (χ1) is 7.95. The molecule has 7 heteroatoms. The minimum absolute atomic E-state index is 0.00615. The highest BCUT2D eigenvalue weighted by molar-refractivity contribution is 5.57. The Labute approximate surface area is 98.8 Å². The van der Waals surface area contributed by atoms with Crippen LogP contribution in [0.25, 0.3) is 0 Å². The first kappa shape index (κ1) is 13.2. The van der Waals surface area contributed by atoms with E-state index in [-0.39, 0.29) is 30.1 Å². The molecule has 17 heavy (non-hydrogen) atoms. The third kappa shape index (κ3) is 3.28. The molecule has 0 aliphatic carbocycles. The third-order valence-corrected chi connectivity index (χ3v) is 2.62. The molecule has 2 atom stereocenters. The Morgan fingerprint density at radius 2 is 2.24 bits per heavy atom. The lowest BCUT2D eigenvalue weighted by molar-refractivity contribution is -0.384. The van der Waals surface area contributed by atoms with Gasteiger partial charge in [0.1, 0.15) is 5.82 Å². The molecule has 1 rings (SSSR count). The van der Waals surface area contributed by atoms with Gasteiger partial charge in [-0.25, -0.2) is 4.98 Å². The summed E-state index contributed by atoms with van der Waals surface area (Å²) in [6.07, 6.45) is 0. The second-order valence-corrected chi connectivity index (χ2v) is 3.95. The van der Waals surface area contributed by atoms with E-state index in [1.165, 1.54) is 12.1 Å². The van der Waals surface area contributed by atoms with Gasteiger partial charge in [0.2, 0.25) is 5.82 Å². The molecule has 2 unspecified atom stereocenters. The van der Waals surface area contributed by atoms with Crippen molar-refractivity contribution in [3.05, 3.63) is 22.2 Å². The molecule has 0 fully saturated rings. The fraction of sp³-hybridized carbons (Fsp3) is 0.500. The van der Waals surface area contributed by atoms with Gasteiger partial charge in [-0.2, -0.15) is 0 Å². The minimum atomic E-state index is -0.577. The van der Waals surface area contributed by atoms with E-state index in [1.807, 2.05) is 13.8 Å². The normalized spacial score (nSPS) is 14.1. The lowest BCUT2D eigenvalue weighted by atomic mass is 10.1. The zero-order valence-corrected chi connectivity index (χ0v) is 9.75. The average Bonchev–Trinajstić information content (AvgIpc) is 2.27. The molecule has 1 aromatic heterocycles. The van der Waals surface area contributed by atoms with Gasteiger partial charge in [-0.1, -0.05) is 6.92 Å². The summed E-state index contributed by atoms with van der Waals surface area (Å²) in [5, 5.41) is 22.5. The third-order valence-electron chi connectivity index (χ3n) is 2.62. The zero-order valence-electron chi connectivity index (χ0n) is 9.75. The van der Waals surface area contributed by atoms with Gasteiger partial charge >= 0.3 is 5.69 Å². The molecule has 0 aliphatic heterocycles. The molecule has 0 aromatic carbocycles. The number of nitrogens with zero attached hydrogens (tertiary/aromatic N) is 2. The number of aromatic nitrogens is 1. The van der Waals surface area contributed by atoms with Crippen molar-refractivity contribution in [2.75, 3.05) is 17.7 Å². The SMILES string of the molecule is CC(CO)C(C)Nc1ccc([N+](=O)[O-])c(N)n1.